The topological polar surface area (TPSA) is 53.3 Å². The third-order valence-corrected chi connectivity index (χ3v) is 3.51. The lowest BCUT2D eigenvalue weighted by Crippen LogP contribution is -2.28. The summed E-state index contributed by atoms with van der Waals surface area (Å²) >= 11 is 0. The molecule has 1 unspecified atom stereocenters. The van der Waals surface area contributed by atoms with Crippen LogP contribution in [-0.4, -0.2) is 30.4 Å². The molecule has 0 aliphatic heterocycles. The van der Waals surface area contributed by atoms with Crippen LogP contribution in [0.5, 0.6) is 0 Å². The molecule has 1 aromatic rings. The second-order valence-electron chi connectivity index (χ2n) is 5.44. The van der Waals surface area contributed by atoms with Crippen LogP contribution in [0.4, 0.5) is 8.78 Å². The number of likely N-dealkylation sites (N-methyl/N-ethyl adjacent to an activating group) is 1. The number of ketones is 1. The van der Waals surface area contributed by atoms with Gasteiger partial charge >= 0.3 is 0 Å². The van der Waals surface area contributed by atoms with Gasteiger partial charge in [0.15, 0.2) is 11.6 Å². The normalized spacial score (nSPS) is 19.7. The maximum absolute atomic E-state index is 13.9. The quantitative estimate of drug-likeness (QED) is 0.472. The van der Waals surface area contributed by atoms with Gasteiger partial charge in [-0.1, -0.05) is 24.3 Å². The Morgan fingerprint density at radius 1 is 1.38 bits per heavy atom. The van der Waals surface area contributed by atoms with Gasteiger partial charge in [-0.05, 0) is 18.2 Å². The van der Waals surface area contributed by atoms with E-state index in [1.54, 1.807) is 38.4 Å². The summed E-state index contributed by atoms with van der Waals surface area (Å²) in [6.07, 6.45) is 8.22. The molecule has 4 nitrogen and oxygen atoms in total. The predicted molar refractivity (Wildman–Crippen MR) is 84.8 cm³/mol. The third-order valence-electron chi connectivity index (χ3n) is 3.51. The van der Waals surface area contributed by atoms with Crippen molar-refractivity contribution in [2.45, 2.75) is 12.0 Å². The number of nitrogens with zero attached hydrogens (tertiary/aromatic N) is 2. The van der Waals surface area contributed by atoms with E-state index in [4.69, 9.17) is 4.74 Å². The van der Waals surface area contributed by atoms with Gasteiger partial charge < -0.3 is 9.64 Å². The van der Waals surface area contributed by atoms with Crippen LogP contribution < -0.4 is 0 Å². The van der Waals surface area contributed by atoms with E-state index in [2.05, 4.69) is 0 Å². The summed E-state index contributed by atoms with van der Waals surface area (Å²) < 4.78 is 32.7. The van der Waals surface area contributed by atoms with Crippen molar-refractivity contribution in [1.82, 2.24) is 4.90 Å². The monoisotopic (exact) mass is 330 g/mol. The Bertz CT molecular complexity index is 776. The summed E-state index contributed by atoms with van der Waals surface area (Å²) in [5.74, 6) is -3.06. The Hall–Kier alpha value is -2.94. The van der Waals surface area contributed by atoms with E-state index in [1.807, 2.05) is 6.07 Å². The van der Waals surface area contributed by atoms with E-state index in [-0.39, 0.29) is 5.70 Å². The number of benzene rings is 1. The highest BCUT2D eigenvalue weighted by Crippen LogP contribution is 2.24. The average Bonchev–Trinajstić information content (AvgIpc) is 2.58. The summed E-state index contributed by atoms with van der Waals surface area (Å²) in [5.41, 5.74) is -1.63. The van der Waals surface area contributed by atoms with Crippen molar-refractivity contribution in [3.8, 4) is 6.07 Å². The van der Waals surface area contributed by atoms with E-state index >= 15 is 0 Å². The number of carbonyl (C=O) groups excluding carboxylic acids is 1. The summed E-state index contributed by atoms with van der Waals surface area (Å²) in [5, 5.41) is 9.33. The third kappa shape index (κ3) is 3.51. The van der Waals surface area contributed by atoms with Crippen LogP contribution in [0.2, 0.25) is 0 Å². The SMILES string of the molecule is CN(C)/C(=C/OC1(C#N)C=CC=CC1)C(=O)c1cccc(F)c1F. The zero-order valence-electron chi connectivity index (χ0n) is 13.3. The van der Waals surface area contributed by atoms with Crippen molar-refractivity contribution in [1.29, 1.82) is 5.26 Å². The summed E-state index contributed by atoms with van der Waals surface area (Å²) in [6.45, 7) is 0. The highest BCUT2D eigenvalue weighted by Gasteiger charge is 2.29. The van der Waals surface area contributed by atoms with Gasteiger partial charge in [0.05, 0.1) is 5.56 Å². The maximum Gasteiger partial charge on any atom is 0.215 e. The van der Waals surface area contributed by atoms with Gasteiger partial charge in [0.2, 0.25) is 11.4 Å². The van der Waals surface area contributed by atoms with Gasteiger partial charge in [-0.15, -0.1) is 0 Å². The fourth-order valence-electron chi connectivity index (χ4n) is 2.14. The molecule has 0 fully saturated rings. The van der Waals surface area contributed by atoms with E-state index in [1.165, 1.54) is 17.0 Å². The van der Waals surface area contributed by atoms with Crippen LogP contribution in [0.25, 0.3) is 0 Å². The van der Waals surface area contributed by atoms with Crippen LogP contribution in [0.3, 0.4) is 0 Å². The number of halogens is 2. The van der Waals surface area contributed by atoms with Crippen LogP contribution in [0.15, 0.2) is 54.5 Å². The Balaban J connectivity index is 2.34. The van der Waals surface area contributed by atoms with E-state index in [9.17, 15) is 18.8 Å². The molecule has 0 bridgehead atoms. The highest BCUT2D eigenvalue weighted by atomic mass is 19.2. The van der Waals surface area contributed by atoms with Gasteiger partial charge in [0.1, 0.15) is 18.0 Å². The van der Waals surface area contributed by atoms with Crippen LogP contribution in [-0.2, 0) is 4.74 Å². The average molecular weight is 330 g/mol. The van der Waals surface area contributed by atoms with Crippen molar-refractivity contribution in [3.63, 3.8) is 0 Å². The first-order valence-electron chi connectivity index (χ1n) is 7.20. The number of nitriles is 1. The number of carbonyl (C=O) groups is 1. The van der Waals surface area contributed by atoms with E-state index < -0.39 is 28.6 Å². The molecule has 1 atom stereocenters. The lowest BCUT2D eigenvalue weighted by atomic mass is 9.97. The Morgan fingerprint density at radius 2 is 2.12 bits per heavy atom. The van der Waals surface area contributed by atoms with Crippen LogP contribution in [0, 0.1) is 23.0 Å². The first kappa shape index (κ1) is 17.4. The minimum absolute atomic E-state index is 0.00271. The molecule has 0 aromatic heterocycles. The largest absolute Gasteiger partial charge is 0.474 e. The number of hydrogen-bond donors (Lipinski definition) is 0. The second kappa shape index (κ2) is 7.09. The molecule has 6 heteroatoms. The molecule has 0 amide bonds. The van der Waals surface area contributed by atoms with Crippen molar-refractivity contribution in [2.75, 3.05) is 14.1 Å². The summed E-state index contributed by atoms with van der Waals surface area (Å²) in [4.78, 5) is 13.9. The second-order valence-corrected chi connectivity index (χ2v) is 5.44. The molecular weight excluding hydrogens is 314 g/mol. The lowest BCUT2D eigenvalue weighted by molar-refractivity contribution is 0.0948. The summed E-state index contributed by atoms with van der Waals surface area (Å²) in [7, 11) is 3.14. The number of allylic oxidation sites excluding steroid dienone is 3. The number of hydrogen-bond acceptors (Lipinski definition) is 4. The smallest absolute Gasteiger partial charge is 0.215 e. The molecule has 1 aromatic carbocycles. The highest BCUT2D eigenvalue weighted by molar-refractivity contribution is 6.08. The van der Waals surface area contributed by atoms with E-state index in [0.717, 1.165) is 12.3 Å². The van der Waals surface area contributed by atoms with Crippen molar-refractivity contribution in [3.05, 3.63) is 71.7 Å². The fraction of sp³-hybridized carbons (Fsp3) is 0.222. The Kier molecular flexibility index (Phi) is 5.14. The molecule has 0 saturated carbocycles. The minimum Gasteiger partial charge on any atom is -0.474 e. The number of Topliss-reactive ketones (excluding diaryl/α,β-unsaturated/α-hetero) is 1. The van der Waals surface area contributed by atoms with Gasteiger partial charge in [-0.25, -0.2) is 8.78 Å². The molecule has 24 heavy (non-hydrogen) atoms. The maximum atomic E-state index is 13.9. The molecule has 1 aliphatic rings. The van der Waals surface area contributed by atoms with Gasteiger partial charge in [-0.3, -0.25) is 4.79 Å². The summed E-state index contributed by atoms with van der Waals surface area (Å²) in [6, 6.07) is 5.43. The molecule has 2 rings (SSSR count). The Morgan fingerprint density at radius 3 is 2.71 bits per heavy atom. The van der Waals surface area contributed by atoms with Crippen molar-refractivity contribution >= 4 is 5.78 Å². The first-order chi connectivity index (χ1) is 11.4. The zero-order chi connectivity index (χ0) is 17.7. The van der Waals surface area contributed by atoms with Gasteiger partial charge in [0.25, 0.3) is 0 Å². The first-order valence-corrected chi connectivity index (χ1v) is 7.20. The molecule has 0 N–H and O–H groups in total. The van der Waals surface area contributed by atoms with Crippen LogP contribution in [0.1, 0.15) is 16.8 Å². The number of rotatable bonds is 5. The molecule has 0 saturated heterocycles. The number of ether oxygens (including phenoxy) is 1. The minimum atomic E-state index is -1.23. The molecule has 0 radical (unpaired) electrons. The van der Waals surface area contributed by atoms with E-state index in [0.29, 0.717) is 6.42 Å². The molecule has 1 aliphatic carbocycles. The fourth-order valence-corrected chi connectivity index (χ4v) is 2.14. The molecule has 0 heterocycles. The van der Waals surface area contributed by atoms with Crippen LogP contribution >= 0.6 is 0 Å². The van der Waals surface area contributed by atoms with Crippen molar-refractivity contribution in [2.24, 2.45) is 0 Å². The van der Waals surface area contributed by atoms with Crippen molar-refractivity contribution < 1.29 is 18.3 Å². The van der Waals surface area contributed by atoms with Gasteiger partial charge in [0, 0.05) is 20.5 Å². The Labute approximate surface area is 138 Å². The standard InChI is InChI=1S/C18H16F2N2O2/c1-22(2)15(11-24-18(12-21)9-4-3-5-10-18)17(23)13-7-6-8-14(19)16(13)20/h3-9,11H,10H2,1-2H3/b15-11+. The predicted octanol–water partition coefficient (Wildman–Crippen LogP) is 3.35. The molecule has 0 spiro atoms. The van der Waals surface area contributed by atoms with Gasteiger partial charge in [-0.2, -0.15) is 5.26 Å². The molecular formula is C18H16F2N2O2. The molecule has 124 valence electrons. The zero-order valence-corrected chi connectivity index (χ0v) is 13.3. The lowest BCUT2D eigenvalue weighted by Gasteiger charge is -2.24.